The van der Waals surface area contributed by atoms with Crippen LogP contribution in [0.15, 0.2) is 24.3 Å². The van der Waals surface area contributed by atoms with Crippen molar-refractivity contribution in [3.05, 3.63) is 29.3 Å². The number of nitrogens with one attached hydrogen (secondary N) is 1. The van der Waals surface area contributed by atoms with Gasteiger partial charge in [0.25, 0.3) is 0 Å². The number of likely N-dealkylation sites (N-methyl/N-ethyl adjacent to an activating group) is 1. The first-order valence-corrected chi connectivity index (χ1v) is 8.62. The van der Waals surface area contributed by atoms with Crippen LogP contribution in [0.3, 0.4) is 0 Å². The standard InChI is InChI=1S/C15H21ClN2O2S.ClH/c1-18(15(19)10-13-11-21-9-6-17-13)7-8-20-14-4-2-12(16)3-5-14;/h2-5,13,17H,6-11H2,1H3;1H. The van der Waals surface area contributed by atoms with Crippen LogP contribution >= 0.6 is 35.8 Å². The number of benzene rings is 1. The van der Waals surface area contributed by atoms with E-state index in [1.165, 1.54) is 0 Å². The first kappa shape index (κ1) is 19.4. The van der Waals surface area contributed by atoms with Crippen LogP contribution in [0.5, 0.6) is 5.75 Å². The zero-order valence-corrected chi connectivity index (χ0v) is 15.0. The fourth-order valence-electron chi connectivity index (χ4n) is 2.07. The smallest absolute Gasteiger partial charge is 0.224 e. The van der Waals surface area contributed by atoms with Gasteiger partial charge in [-0.1, -0.05) is 11.6 Å². The van der Waals surface area contributed by atoms with Crippen LogP contribution in [-0.4, -0.2) is 55.1 Å². The van der Waals surface area contributed by atoms with Crippen LogP contribution in [0, 0.1) is 0 Å². The van der Waals surface area contributed by atoms with Gasteiger partial charge in [-0.15, -0.1) is 12.4 Å². The van der Waals surface area contributed by atoms with E-state index < -0.39 is 0 Å². The second-order valence-corrected chi connectivity index (χ2v) is 6.63. The average molecular weight is 365 g/mol. The van der Waals surface area contributed by atoms with E-state index in [9.17, 15) is 4.79 Å². The number of halogens is 2. The molecule has 0 saturated carbocycles. The zero-order chi connectivity index (χ0) is 15.1. The van der Waals surface area contributed by atoms with Gasteiger partial charge in [-0.3, -0.25) is 4.79 Å². The van der Waals surface area contributed by atoms with Crippen molar-refractivity contribution in [2.45, 2.75) is 12.5 Å². The van der Waals surface area contributed by atoms with Crippen LogP contribution in [0.2, 0.25) is 5.02 Å². The van der Waals surface area contributed by atoms with Gasteiger partial charge in [0, 0.05) is 42.6 Å². The minimum absolute atomic E-state index is 0. The molecule has 124 valence electrons. The molecular formula is C15H22Cl2N2O2S. The third-order valence-electron chi connectivity index (χ3n) is 3.35. The average Bonchev–Trinajstić information content (AvgIpc) is 2.50. The SMILES string of the molecule is CN(CCOc1ccc(Cl)cc1)C(=O)CC1CSCCN1.Cl. The number of carbonyl (C=O) groups is 1. The molecule has 0 aliphatic carbocycles. The summed E-state index contributed by atoms with van der Waals surface area (Å²) >= 11 is 7.72. The van der Waals surface area contributed by atoms with Gasteiger partial charge in [-0.05, 0) is 24.3 Å². The lowest BCUT2D eigenvalue weighted by molar-refractivity contribution is -0.130. The molecule has 1 aromatic rings. The number of hydrogen-bond acceptors (Lipinski definition) is 4. The van der Waals surface area contributed by atoms with Gasteiger partial charge in [0.05, 0.1) is 6.54 Å². The molecule has 0 aromatic heterocycles. The summed E-state index contributed by atoms with van der Waals surface area (Å²) in [6, 6.07) is 7.53. The molecule has 2 rings (SSSR count). The summed E-state index contributed by atoms with van der Waals surface area (Å²) in [5.74, 6) is 3.08. The van der Waals surface area contributed by atoms with Crippen LogP contribution in [-0.2, 0) is 4.79 Å². The van der Waals surface area contributed by atoms with Crippen LogP contribution in [0.1, 0.15) is 6.42 Å². The van der Waals surface area contributed by atoms with E-state index in [1.54, 1.807) is 17.0 Å². The van der Waals surface area contributed by atoms with Gasteiger partial charge >= 0.3 is 0 Å². The summed E-state index contributed by atoms with van der Waals surface area (Å²) < 4.78 is 5.60. The minimum Gasteiger partial charge on any atom is -0.492 e. The molecule has 7 heteroatoms. The molecule has 1 heterocycles. The third kappa shape index (κ3) is 6.65. The second-order valence-electron chi connectivity index (χ2n) is 5.05. The first-order chi connectivity index (χ1) is 10.1. The van der Waals surface area contributed by atoms with Crippen molar-refractivity contribution in [1.82, 2.24) is 10.2 Å². The Labute approximate surface area is 147 Å². The quantitative estimate of drug-likeness (QED) is 0.842. The van der Waals surface area contributed by atoms with E-state index in [0.29, 0.717) is 30.6 Å². The Balaban J connectivity index is 0.00000242. The summed E-state index contributed by atoms with van der Waals surface area (Å²) in [7, 11) is 1.82. The first-order valence-electron chi connectivity index (χ1n) is 7.08. The Morgan fingerprint density at radius 2 is 2.18 bits per heavy atom. The summed E-state index contributed by atoms with van der Waals surface area (Å²) in [6.07, 6.45) is 0.560. The minimum atomic E-state index is 0. The number of hydrogen-bond donors (Lipinski definition) is 1. The second kappa shape index (κ2) is 10.2. The number of amides is 1. The lowest BCUT2D eigenvalue weighted by atomic mass is 10.2. The highest BCUT2D eigenvalue weighted by molar-refractivity contribution is 7.99. The summed E-state index contributed by atoms with van der Waals surface area (Å²) in [5.41, 5.74) is 0. The van der Waals surface area contributed by atoms with Gasteiger partial charge in [0.15, 0.2) is 0 Å². The van der Waals surface area contributed by atoms with Crippen molar-refractivity contribution in [3.8, 4) is 5.75 Å². The molecule has 1 atom stereocenters. The maximum Gasteiger partial charge on any atom is 0.224 e. The highest BCUT2D eigenvalue weighted by atomic mass is 35.5. The number of carbonyl (C=O) groups excluding carboxylic acids is 1. The maximum atomic E-state index is 12.1. The molecule has 0 radical (unpaired) electrons. The fourth-order valence-corrected chi connectivity index (χ4v) is 3.15. The van der Waals surface area contributed by atoms with Crippen molar-refractivity contribution in [2.24, 2.45) is 0 Å². The van der Waals surface area contributed by atoms with E-state index in [-0.39, 0.29) is 18.3 Å². The predicted molar refractivity (Wildman–Crippen MR) is 95.6 cm³/mol. The van der Waals surface area contributed by atoms with Crippen LogP contribution < -0.4 is 10.1 Å². The molecule has 1 unspecified atom stereocenters. The maximum absolute atomic E-state index is 12.1. The van der Waals surface area contributed by atoms with Crippen LogP contribution in [0.25, 0.3) is 0 Å². The lowest BCUT2D eigenvalue weighted by Gasteiger charge is -2.25. The lowest BCUT2D eigenvalue weighted by Crippen LogP contribution is -2.42. The van der Waals surface area contributed by atoms with Gasteiger partial charge in [0.1, 0.15) is 12.4 Å². The molecule has 1 amide bonds. The molecule has 1 saturated heterocycles. The molecule has 1 fully saturated rings. The Morgan fingerprint density at radius 3 is 2.82 bits per heavy atom. The Kier molecular flexibility index (Phi) is 9.02. The molecule has 4 nitrogen and oxygen atoms in total. The van der Waals surface area contributed by atoms with Crippen molar-refractivity contribution in [2.75, 3.05) is 38.2 Å². The van der Waals surface area contributed by atoms with Gasteiger partial charge in [-0.25, -0.2) is 0 Å². The van der Waals surface area contributed by atoms with E-state index >= 15 is 0 Å². The Morgan fingerprint density at radius 1 is 1.45 bits per heavy atom. The van der Waals surface area contributed by atoms with Crippen molar-refractivity contribution in [3.63, 3.8) is 0 Å². The zero-order valence-electron chi connectivity index (χ0n) is 12.6. The monoisotopic (exact) mass is 364 g/mol. The van der Waals surface area contributed by atoms with Gasteiger partial charge in [0.2, 0.25) is 5.91 Å². The van der Waals surface area contributed by atoms with Gasteiger partial charge < -0.3 is 15.0 Å². The molecule has 1 aromatic carbocycles. The molecule has 1 aliphatic heterocycles. The summed E-state index contributed by atoms with van der Waals surface area (Å²) in [5, 5.41) is 4.07. The summed E-state index contributed by atoms with van der Waals surface area (Å²) in [4.78, 5) is 13.8. The van der Waals surface area contributed by atoms with Gasteiger partial charge in [-0.2, -0.15) is 11.8 Å². The number of nitrogens with zero attached hydrogens (tertiary/aromatic N) is 1. The molecule has 1 N–H and O–H groups in total. The number of thioether (sulfide) groups is 1. The van der Waals surface area contributed by atoms with Crippen molar-refractivity contribution < 1.29 is 9.53 Å². The Bertz CT molecular complexity index is 453. The van der Waals surface area contributed by atoms with E-state index in [1.807, 2.05) is 30.9 Å². The molecule has 0 spiro atoms. The number of rotatable bonds is 6. The van der Waals surface area contributed by atoms with Crippen molar-refractivity contribution >= 4 is 41.7 Å². The largest absolute Gasteiger partial charge is 0.492 e. The molecular weight excluding hydrogens is 343 g/mol. The van der Waals surface area contributed by atoms with Crippen molar-refractivity contribution in [1.29, 1.82) is 0 Å². The van der Waals surface area contributed by atoms with E-state index in [0.717, 1.165) is 23.8 Å². The third-order valence-corrected chi connectivity index (χ3v) is 4.74. The van der Waals surface area contributed by atoms with Crippen LogP contribution in [0.4, 0.5) is 0 Å². The van der Waals surface area contributed by atoms with E-state index in [4.69, 9.17) is 16.3 Å². The highest BCUT2D eigenvalue weighted by Crippen LogP contribution is 2.15. The fraction of sp³-hybridized carbons (Fsp3) is 0.533. The molecule has 0 bridgehead atoms. The summed E-state index contributed by atoms with van der Waals surface area (Å²) in [6.45, 7) is 2.06. The molecule has 1 aliphatic rings. The normalized spacial score (nSPS) is 17.5. The van der Waals surface area contributed by atoms with E-state index in [2.05, 4.69) is 5.32 Å². The topological polar surface area (TPSA) is 41.6 Å². The highest BCUT2D eigenvalue weighted by Gasteiger charge is 2.18. The molecule has 22 heavy (non-hydrogen) atoms. The number of ether oxygens (including phenoxy) is 1. The predicted octanol–water partition coefficient (Wildman–Crippen LogP) is 2.69. The Hall–Kier alpha value is -0.620.